The molecule has 2 aromatic heterocycles. The first-order chi connectivity index (χ1) is 19.3. The Morgan fingerprint density at radius 1 is 0.487 bits per heavy atom. The van der Waals surface area contributed by atoms with Crippen LogP contribution < -0.4 is 0 Å². The van der Waals surface area contributed by atoms with Gasteiger partial charge in [-0.2, -0.15) is 0 Å². The van der Waals surface area contributed by atoms with Gasteiger partial charge in [0.25, 0.3) is 0 Å². The molecule has 0 bridgehead atoms. The molecule has 39 heavy (non-hydrogen) atoms. The first-order valence-corrected chi connectivity index (χ1v) is 14.0. The van der Waals surface area contributed by atoms with Gasteiger partial charge in [0.15, 0.2) is 0 Å². The molecule has 2 heteroatoms. The van der Waals surface area contributed by atoms with Gasteiger partial charge in [0.2, 0.25) is 0 Å². The Kier molecular flexibility index (Phi) is 5.03. The number of hydrogen-bond donors (Lipinski definition) is 2. The molecule has 0 aliphatic carbocycles. The number of benzene rings is 6. The fourth-order valence-corrected chi connectivity index (χ4v) is 6.64. The Morgan fingerprint density at radius 2 is 0.897 bits per heavy atom. The molecule has 0 aliphatic rings. The monoisotopic (exact) mass is 501 g/mol. The van der Waals surface area contributed by atoms with E-state index in [9.17, 15) is 0 Å². The molecule has 6 aromatic carbocycles. The lowest BCUT2D eigenvalue weighted by molar-refractivity contribution is 0.758. The molecule has 0 unspecified atom stereocenters. The zero-order valence-electron chi connectivity index (χ0n) is 22.0. The van der Waals surface area contributed by atoms with Crippen molar-refractivity contribution in [3.8, 4) is 0 Å². The van der Waals surface area contributed by atoms with Gasteiger partial charge in [-0.3, -0.25) is 0 Å². The highest BCUT2D eigenvalue weighted by molar-refractivity contribution is 6.20. The molecule has 1 radical (unpaired) electrons. The molecule has 0 spiro atoms. The maximum atomic E-state index is 3.73. The molecule has 0 amide bonds. The van der Waals surface area contributed by atoms with E-state index in [2.05, 4.69) is 126 Å². The van der Waals surface area contributed by atoms with E-state index in [1.807, 2.05) is 0 Å². The molecule has 0 saturated heterocycles. The SMILES string of the molecule is CCCC[C](c1cc2c3ccccc3[nH]c2c2ccccc12)c1cc2c3ccccc3[nH]c2c2ccccc12. The van der Waals surface area contributed by atoms with Gasteiger partial charge in [-0.1, -0.05) is 105 Å². The van der Waals surface area contributed by atoms with Crippen LogP contribution in [0.1, 0.15) is 37.3 Å². The van der Waals surface area contributed by atoms with Crippen LogP contribution >= 0.6 is 0 Å². The van der Waals surface area contributed by atoms with Gasteiger partial charge in [0.1, 0.15) is 0 Å². The summed E-state index contributed by atoms with van der Waals surface area (Å²) in [5.74, 6) is 1.43. The number of aromatic nitrogens is 2. The smallest absolute Gasteiger partial charge is 0.0544 e. The highest BCUT2D eigenvalue weighted by Crippen LogP contribution is 2.43. The van der Waals surface area contributed by atoms with E-state index in [0.29, 0.717) is 0 Å². The standard InChI is InChI=1S/C37H29N2/c1-2-3-12-25(30-21-32-26-15-8-10-19-34(26)38-36(32)28-17-6-4-13-23(28)30)31-22-33-27-16-9-11-20-35(27)39-37(33)29-18-7-5-14-24(29)31/h4-11,13-22,38-39H,2-3,12H2,1H3. The van der Waals surface area contributed by atoms with Gasteiger partial charge in [0.05, 0.1) is 11.0 Å². The molecule has 2 N–H and O–H groups in total. The summed E-state index contributed by atoms with van der Waals surface area (Å²) in [5, 5.41) is 10.4. The van der Waals surface area contributed by atoms with Crippen LogP contribution in [0.5, 0.6) is 0 Å². The summed E-state index contributed by atoms with van der Waals surface area (Å²) in [5.41, 5.74) is 7.53. The Bertz CT molecular complexity index is 2020. The molecular formula is C37H29N2. The quantitative estimate of drug-likeness (QED) is 0.235. The summed E-state index contributed by atoms with van der Waals surface area (Å²) in [6.07, 6.45) is 3.34. The molecule has 0 aliphatic heterocycles. The molecule has 8 aromatic rings. The highest BCUT2D eigenvalue weighted by atomic mass is 14.7. The van der Waals surface area contributed by atoms with Crippen molar-refractivity contribution >= 4 is 65.2 Å². The van der Waals surface area contributed by atoms with Crippen LogP contribution in [0.3, 0.4) is 0 Å². The van der Waals surface area contributed by atoms with Crippen molar-refractivity contribution in [2.45, 2.75) is 26.2 Å². The first kappa shape index (κ1) is 22.4. The molecule has 2 heterocycles. The summed E-state index contributed by atoms with van der Waals surface area (Å²) >= 11 is 0. The van der Waals surface area contributed by atoms with Crippen molar-refractivity contribution in [1.82, 2.24) is 9.97 Å². The summed E-state index contributed by atoms with van der Waals surface area (Å²) in [7, 11) is 0. The lowest BCUT2D eigenvalue weighted by atomic mass is 9.81. The number of fused-ring (bicyclic) bond motifs is 10. The van der Waals surface area contributed by atoms with Gasteiger partial charge < -0.3 is 9.97 Å². The van der Waals surface area contributed by atoms with E-state index in [-0.39, 0.29) is 0 Å². The predicted molar refractivity (Wildman–Crippen MR) is 168 cm³/mol. The lowest BCUT2D eigenvalue weighted by Crippen LogP contribution is -2.05. The van der Waals surface area contributed by atoms with Crippen LogP contribution in [0, 0.1) is 5.92 Å². The van der Waals surface area contributed by atoms with E-state index in [0.717, 1.165) is 19.3 Å². The summed E-state index contributed by atoms with van der Waals surface area (Å²) in [6.45, 7) is 2.29. The maximum absolute atomic E-state index is 3.73. The second kappa shape index (κ2) is 8.74. The third-order valence-electron chi connectivity index (χ3n) is 8.47. The molecule has 0 saturated carbocycles. The zero-order chi connectivity index (χ0) is 25.9. The summed E-state index contributed by atoms with van der Waals surface area (Å²) in [6, 6.07) is 40.1. The first-order valence-electron chi connectivity index (χ1n) is 14.0. The number of H-pyrrole nitrogens is 2. The zero-order valence-corrected chi connectivity index (χ0v) is 22.0. The fourth-order valence-electron chi connectivity index (χ4n) is 6.64. The van der Waals surface area contributed by atoms with Crippen LogP contribution in [0.4, 0.5) is 0 Å². The van der Waals surface area contributed by atoms with Gasteiger partial charge in [-0.05, 0) is 52.6 Å². The minimum Gasteiger partial charge on any atom is -0.354 e. The maximum Gasteiger partial charge on any atom is 0.0544 e. The van der Waals surface area contributed by atoms with Crippen molar-refractivity contribution in [3.05, 3.63) is 126 Å². The second-order valence-corrected chi connectivity index (χ2v) is 10.7. The van der Waals surface area contributed by atoms with Crippen LogP contribution in [-0.4, -0.2) is 9.97 Å². The molecule has 2 nitrogen and oxygen atoms in total. The lowest BCUT2D eigenvalue weighted by Gasteiger charge is -2.22. The van der Waals surface area contributed by atoms with Crippen molar-refractivity contribution in [3.63, 3.8) is 0 Å². The number of unbranched alkanes of at least 4 members (excludes halogenated alkanes) is 1. The molecular weight excluding hydrogens is 472 g/mol. The van der Waals surface area contributed by atoms with Gasteiger partial charge >= 0.3 is 0 Å². The fraction of sp³-hybridized carbons (Fsp3) is 0.108. The molecule has 0 fully saturated rings. The number of para-hydroxylation sites is 2. The van der Waals surface area contributed by atoms with Crippen molar-refractivity contribution < 1.29 is 0 Å². The predicted octanol–water partition coefficient (Wildman–Crippen LogP) is 10.4. The van der Waals surface area contributed by atoms with E-state index in [4.69, 9.17) is 0 Å². The van der Waals surface area contributed by atoms with Crippen LogP contribution in [-0.2, 0) is 0 Å². The molecule has 187 valence electrons. The largest absolute Gasteiger partial charge is 0.354 e. The Labute approximate surface area is 227 Å². The summed E-state index contributed by atoms with van der Waals surface area (Å²) in [4.78, 5) is 7.45. The minimum atomic E-state index is 1.03. The Hall–Kier alpha value is -4.56. The number of rotatable bonds is 5. The van der Waals surface area contributed by atoms with Crippen LogP contribution in [0.15, 0.2) is 109 Å². The van der Waals surface area contributed by atoms with E-state index in [1.54, 1.807) is 0 Å². The normalized spacial score (nSPS) is 12.3. The van der Waals surface area contributed by atoms with Crippen molar-refractivity contribution in [2.75, 3.05) is 0 Å². The Balaban J connectivity index is 1.50. The topological polar surface area (TPSA) is 31.6 Å². The second-order valence-electron chi connectivity index (χ2n) is 10.7. The van der Waals surface area contributed by atoms with Gasteiger partial charge in [-0.15, -0.1) is 0 Å². The Morgan fingerprint density at radius 3 is 1.36 bits per heavy atom. The van der Waals surface area contributed by atoms with Gasteiger partial charge in [0, 0.05) is 49.3 Å². The number of aromatic amines is 2. The molecule has 0 atom stereocenters. The van der Waals surface area contributed by atoms with Gasteiger partial charge in [-0.25, -0.2) is 0 Å². The van der Waals surface area contributed by atoms with Crippen LogP contribution in [0.2, 0.25) is 0 Å². The van der Waals surface area contributed by atoms with E-state index in [1.165, 1.54) is 82.2 Å². The molecule has 8 rings (SSSR count). The third kappa shape index (κ3) is 3.34. The highest BCUT2D eigenvalue weighted by Gasteiger charge is 2.24. The number of nitrogens with one attached hydrogen (secondary N) is 2. The third-order valence-corrected chi connectivity index (χ3v) is 8.47. The average Bonchev–Trinajstić information content (AvgIpc) is 3.56. The average molecular weight is 502 g/mol. The van der Waals surface area contributed by atoms with E-state index < -0.39 is 0 Å². The number of hydrogen-bond acceptors (Lipinski definition) is 0. The van der Waals surface area contributed by atoms with Crippen LogP contribution in [0.25, 0.3) is 65.2 Å². The van der Waals surface area contributed by atoms with Crippen molar-refractivity contribution in [2.24, 2.45) is 0 Å². The minimum absolute atomic E-state index is 1.03. The van der Waals surface area contributed by atoms with Crippen molar-refractivity contribution in [1.29, 1.82) is 0 Å². The summed E-state index contributed by atoms with van der Waals surface area (Å²) < 4.78 is 0. The van der Waals surface area contributed by atoms with E-state index >= 15 is 0 Å².